The predicted molar refractivity (Wildman–Crippen MR) is 75.7 cm³/mol. The van der Waals surface area contributed by atoms with Crippen LogP contribution < -0.4 is 0 Å². The van der Waals surface area contributed by atoms with Gasteiger partial charge in [-0.25, -0.2) is 9.78 Å². The number of rotatable bonds is 8. The Morgan fingerprint density at radius 2 is 1.67 bits per heavy atom. The Morgan fingerprint density at radius 3 is 2.33 bits per heavy atom. The van der Waals surface area contributed by atoms with Gasteiger partial charge >= 0.3 is 0 Å². The van der Waals surface area contributed by atoms with Crippen molar-refractivity contribution in [1.29, 1.82) is 0 Å². The molecule has 102 valence electrons. The molecule has 2 heteroatoms. The molecule has 1 atom stereocenters. The highest BCUT2D eigenvalue weighted by molar-refractivity contribution is 4.99. The molecule has 0 rings (SSSR count). The maximum Gasteiger partial charge on any atom is 0.104 e. The lowest BCUT2D eigenvalue weighted by atomic mass is 10.1. The van der Waals surface area contributed by atoms with Crippen LogP contribution in [0.3, 0.4) is 0 Å². The second-order valence-corrected chi connectivity index (χ2v) is 4.05. The number of unbranched alkanes of at least 4 members (excludes halogenated alkanes) is 1. The SMILES string of the molecule is CCC#CCCOOC(CC#CCC)CCCC. The Bertz CT molecular complexity index is 288. The normalized spacial score (nSPS) is 11.1. The molecule has 0 N–H and O–H groups in total. The molecule has 18 heavy (non-hydrogen) atoms. The van der Waals surface area contributed by atoms with Crippen LogP contribution in [0.5, 0.6) is 0 Å². The van der Waals surface area contributed by atoms with Gasteiger partial charge in [-0.05, 0) is 6.42 Å². The maximum absolute atomic E-state index is 5.40. The van der Waals surface area contributed by atoms with Crippen molar-refractivity contribution >= 4 is 0 Å². The zero-order valence-corrected chi connectivity index (χ0v) is 12.1. The molecular formula is C16H26O2. The van der Waals surface area contributed by atoms with Crippen LogP contribution in [-0.2, 0) is 9.78 Å². The van der Waals surface area contributed by atoms with E-state index in [1.54, 1.807) is 0 Å². The van der Waals surface area contributed by atoms with Gasteiger partial charge in [0.1, 0.15) is 6.10 Å². The average Bonchev–Trinajstić information content (AvgIpc) is 2.39. The molecule has 0 aromatic heterocycles. The van der Waals surface area contributed by atoms with Gasteiger partial charge in [0.2, 0.25) is 0 Å². The van der Waals surface area contributed by atoms with Gasteiger partial charge in [0.15, 0.2) is 0 Å². The highest BCUT2D eigenvalue weighted by Gasteiger charge is 2.07. The molecule has 2 nitrogen and oxygen atoms in total. The second-order valence-electron chi connectivity index (χ2n) is 4.05. The van der Waals surface area contributed by atoms with Crippen LogP contribution >= 0.6 is 0 Å². The van der Waals surface area contributed by atoms with Crippen LogP contribution in [0.4, 0.5) is 0 Å². The van der Waals surface area contributed by atoms with Crippen molar-refractivity contribution in [3.05, 3.63) is 0 Å². The first-order chi connectivity index (χ1) is 8.85. The monoisotopic (exact) mass is 250 g/mol. The van der Waals surface area contributed by atoms with Gasteiger partial charge in [-0.2, -0.15) is 0 Å². The van der Waals surface area contributed by atoms with Crippen molar-refractivity contribution in [1.82, 2.24) is 0 Å². The van der Waals surface area contributed by atoms with Crippen LogP contribution in [-0.4, -0.2) is 12.7 Å². The molecule has 0 aliphatic heterocycles. The zero-order valence-electron chi connectivity index (χ0n) is 12.1. The minimum absolute atomic E-state index is 0.100. The highest BCUT2D eigenvalue weighted by Crippen LogP contribution is 2.09. The minimum Gasteiger partial charge on any atom is -0.235 e. The fraction of sp³-hybridized carbons (Fsp3) is 0.750. The van der Waals surface area contributed by atoms with Crippen molar-refractivity contribution in [2.75, 3.05) is 6.61 Å². The van der Waals surface area contributed by atoms with Crippen molar-refractivity contribution in [2.45, 2.75) is 71.8 Å². The Balaban J connectivity index is 3.77. The third-order valence-electron chi connectivity index (χ3n) is 2.33. The summed E-state index contributed by atoms with van der Waals surface area (Å²) < 4.78 is 0. The van der Waals surface area contributed by atoms with Gasteiger partial charge in [0, 0.05) is 25.7 Å². The Labute approximate surface area is 112 Å². The van der Waals surface area contributed by atoms with Gasteiger partial charge in [-0.15, -0.1) is 23.7 Å². The van der Waals surface area contributed by atoms with Crippen molar-refractivity contribution in [2.24, 2.45) is 0 Å². The largest absolute Gasteiger partial charge is 0.235 e. The Kier molecular flexibility index (Phi) is 13.4. The second kappa shape index (κ2) is 14.1. The Hall–Kier alpha value is -0.960. The molecule has 0 aliphatic rings. The summed E-state index contributed by atoms with van der Waals surface area (Å²) in [7, 11) is 0. The first-order valence-corrected chi connectivity index (χ1v) is 7.04. The summed E-state index contributed by atoms with van der Waals surface area (Å²) in [5, 5.41) is 0. The summed E-state index contributed by atoms with van der Waals surface area (Å²) in [5.41, 5.74) is 0. The molecule has 0 spiro atoms. The minimum atomic E-state index is 0.100. The quantitative estimate of drug-likeness (QED) is 0.279. The molecule has 0 bridgehead atoms. The molecule has 0 heterocycles. The summed E-state index contributed by atoms with van der Waals surface area (Å²) in [5.74, 6) is 12.2. The molecule has 0 amide bonds. The van der Waals surface area contributed by atoms with Crippen LogP contribution in [0.25, 0.3) is 0 Å². The summed E-state index contributed by atoms with van der Waals surface area (Å²) in [6.07, 6.45) is 6.71. The lowest BCUT2D eigenvalue weighted by Gasteiger charge is -2.13. The smallest absolute Gasteiger partial charge is 0.104 e. The van der Waals surface area contributed by atoms with Crippen LogP contribution in [0, 0.1) is 23.7 Å². The number of hydrogen-bond acceptors (Lipinski definition) is 2. The summed E-state index contributed by atoms with van der Waals surface area (Å²) in [6.45, 7) is 6.81. The van der Waals surface area contributed by atoms with E-state index in [-0.39, 0.29) is 6.10 Å². The topological polar surface area (TPSA) is 18.5 Å². The average molecular weight is 250 g/mol. The Morgan fingerprint density at radius 1 is 0.944 bits per heavy atom. The summed E-state index contributed by atoms with van der Waals surface area (Å²) >= 11 is 0. The van der Waals surface area contributed by atoms with Crippen molar-refractivity contribution in [3.8, 4) is 23.7 Å². The summed E-state index contributed by atoms with van der Waals surface area (Å²) in [6, 6.07) is 0. The lowest BCUT2D eigenvalue weighted by Crippen LogP contribution is -2.13. The fourth-order valence-electron chi connectivity index (χ4n) is 1.38. The molecule has 0 aliphatic carbocycles. The van der Waals surface area contributed by atoms with Gasteiger partial charge in [0.25, 0.3) is 0 Å². The first-order valence-electron chi connectivity index (χ1n) is 7.04. The van der Waals surface area contributed by atoms with Gasteiger partial charge in [-0.1, -0.05) is 33.6 Å². The number of hydrogen-bond donors (Lipinski definition) is 0. The van der Waals surface area contributed by atoms with Crippen LogP contribution in [0.15, 0.2) is 0 Å². The first kappa shape index (κ1) is 17.0. The molecular weight excluding hydrogens is 224 g/mol. The highest BCUT2D eigenvalue weighted by atomic mass is 17.2. The van der Waals surface area contributed by atoms with E-state index < -0.39 is 0 Å². The molecule has 0 saturated carbocycles. The molecule has 1 unspecified atom stereocenters. The van der Waals surface area contributed by atoms with E-state index in [1.165, 1.54) is 6.42 Å². The molecule has 0 aromatic carbocycles. The third kappa shape index (κ3) is 11.5. The van der Waals surface area contributed by atoms with E-state index in [0.717, 1.165) is 38.5 Å². The van der Waals surface area contributed by atoms with Crippen LogP contribution in [0.2, 0.25) is 0 Å². The van der Waals surface area contributed by atoms with Crippen molar-refractivity contribution < 1.29 is 9.78 Å². The lowest BCUT2D eigenvalue weighted by molar-refractivity contribution is -0.323. The van der Waals surface area contributed by atoms with E-state index >= 15 is 0 Å². The zero-order chi connectivity index (χ0) is 13.5. The fourth-order valence-corrected chi connectivity index (χ4v) is 1.38. The third-order valence-corrected chi connectivity index (χ3v) is 2.33. The van der Waals surface area contributed by atoms with Crippen molar-refractivity contribution in [3.63, 3.8) is 0 Å². The molecule has 0 fully saturated rings. The summed E-state index contributed by atoms with van der Waals surface area (Å²) in [4.78, 5) is 10.6. The van der Waals surface area contributed by atoms with E-state index in [9.17, 15) is 0 Å². The molecule has 0 radical (unpaired) electrons. The van der Waals surface area contributed by atoms with E-state index in [4.69, 9.17) is 9.78 Å². The van der Waals surface area contributed by atoms with E-state index in [0.29, 0.717) is 6.61 Å². The standard InChI is InChI=1S/C16H26O2/c1-4-7-10-12-15-17-18-16(13-9-6-3)14-11-8-5-2/h16H,4-6,9,12-15H2,1-3H3. The maximum atomic E-state index is 5.40. The van der Waals surface area contributed by atoms with Gasteiger partial charge in [0.05, 0.1) is 6.61 Å². The molecule has 0 saturated heterocycles. The van der Waals surface area contributed by atoms with E-state index in [2.05, 4.69) is 37.5 Å². The van der Waals surface area contributed by atoms with Crippen LogP contribution in [0.1, 0.15) is 65.7 Å². The van der Waals surface area contributed by atoms with Gasteiger partial charge < -0.3 is 0 Å². The van der Waals surface area contributed by atoms with Gasteiger partial charge in [-0.3, -0.25) is 0 Å². The molecule has 0 aromatic rings. The predicted octanol–water partition coefficient (Wildman–Crippen LogP) is 4.10. The van der Waals surface area contributed by atoms with E-state index in [1.807, 2.05) is 6.92 Å².